The second-order valence-corrected chi connectivity index (χ2v) is 4.11. The van der Waals surface area contributed by atoms with Crippen molar-refractivity contribution in [1.82, 2.24) is 9.78 Å². The quantitative estimate of drug-likeness (QED) is 0.915. The summed E-state index contributed by atoms with van der Waals surface area (Å²) in [6.45, 7) is 5.78. The second-order valence-electron chi connectivity index (χ2n) is 4.11. The van der Waals surface area contributed by atoms with Gasteiger partial charge >= 0.3 is 0 Å². The molecule has 0 atom stereocenters. The first-order valence-electron chi connectivity index (χ1n) is 5.73. The summed E-state index contributed by atoms with van der Waals surface area (Å²) in [6.07, 6.45) is 5.11. The summed E-state index contributed by atoms with van der Waals surface area (Å²) in [5.74, 6) is -0.386. The van der Waals surface area contributed by atoms with E-state index in [1.807, 2.05) is 12.3 Å². The highest BCUT2D eigenvalue weighted by atomic mass is 19.1. The van der Waals surface area contributed by atoms with E-state index >= 15 is 0 Å². The highest BCUT2D eigenvalue weighted by Gasteiger charge is 2.07. The lowest BCUT2D eigenvalue weighted by atomic mass is 10.1. The molecule has 1 aromatic heterocycles. The van der Waals surface area contributed by atoms with Crippen molar-refractivity contribution in [3.8, 4) is 6.07 Å². The van der Waals surface area contributed by atoms with E-state index in [1.165, 1.54) is 6.07 Å². The summed E-state index contributed by atoms with van der Waals surface area (Å²) in [6, 6.07) is 4.80. The highest BCUT2D eigenvalue weighted by Crippen LogP contribution is 2.21. The number of aromatic nitrogens is 2. The van der Waals surface area contributed by atoms with Gasteiger partial charge < -0.3 is 5.32 Å². The van der Waals surface area contributed by atoms with Crippen LogP contribution in [0.1, 0.15) is 16.7 Å². The molecule has 96 valence electrons. The van der Waals surface area contributed by atoms with Crippen molar-refractivity contribution in [2.45, 2.75) is 13.5 Å². The molecule has 0 amide bonds. The molecule has 0 bridgehead atoms. The Bertz CT molecular complexity index is 652. The Morgan fingerprint density at radius 3 is 3.00 bits per heavy atom. The molecule has 1 N–H and O–H groups in total. The molecular formula is C14H13FN4. The van der Waals surface area contributed by atoms with E-state index in [0.717, 1.165) is 5.56 Å². The lowest BCUT2D eigenvalue weighted by Crippen LogP contribution is -2.02. The Morgan fingerprint density at radius 2 is 2.37 bits per heavy atom. The number of hydrogen-bond acceptors (Lipinski definition) is 3. The van der Waals surface area contributed by atoms with Crippen molar-refractivity contribution in [3.63, 3.8) is 0 Å². The minimum Gasteiger partial charge on any atom is -0.381 e. The molecule has 2 aromatic rings. The van der Waals surface area contributed by atoms with Gasteiger partial charge in [0.15, 0.2) is 0 Å². The second kappa shape index (κ2) is 5.36. The van der Waals surface area contributed by atoms with Gasteiger partial charge in [-0.2, -0.15) is 10.4 Å². The average molecular weight is 256 g/mol. The van der Waals surface area contributed by atoms with Crippen LogP contribution in [0.25, 0.3) is 6.20 Å². The third-order valence-electron chi connectivity index (χ3n) is 2.80. The Kier molecular flexibility index (Phi) is 3.62. The lowest BCUT2D eigenvalue weighted by Gasteiger charge is -2.09. The first-order chi connectivity index (χ1) is 9.13. The fourth-order valence-corrected chi connectivity index (χ4v) is 1.69. The van der Waals surface area contributed by atoms with Gasteiger partial charge in [0.1, 0.15) is 5.82 Å². The number of rotatable bonds is 4. The molecule has 0 spiro atoms. The normalized spacial score (nSPS) is 9.95. The number of nitrogens with one attached hydrogen (secondary N) is 1. The summed E-state index contributed by atoms with van der Waals surface area (Å²) in [4.78, 5) is 0. The van der Waals surface area contributed by atoms with Gasteiger partial charge in [0.2, 0.25) is 0 Å². The van der Waals surface area contributed by atoms with E-state index in [-0.39, 0.29) is 5.82 Å². The first kappa shape index (κ1) is 12.8. The summed E-state index contributed by atoms with van der Waals surface area (Å²) >= 11 is 0. The number of hydrogen-bond donors (Lipinski definition) is 1. The van der Waals surface area contributed by atoms with Crippen molar-refractivity contribution in [2.24, 2.45) is 0 Å². The fourth-order valence-electron chi connectivity index (χ4n) is 1.69. The van der Waals surface area contributed by atoms with Crippen LogP contribution in [0.5, 0.6) is 0 Å². The van der Waals surface area contributed by atoms with E-state index < -0.39 is 0 Å². The predicted molar refractivity (Wildman–Crippen MR) is 71.8 cm³/mol. The standard InChI is InChI=1S/C14H13FN4/c1-3-19-9-12(8-18-19)7-17-14-5-11(6-16)4-13(15)10(14)2/h3-5,8-9,17H,1,7H2,2H3. The van der Waals surface area contributed by atoms with Crippen LogP contribution in [0.2, 0.25) is 0 Å². The number of benzene rings is 1. The smallest absolute Gasteiger partial charge is 0.129 e. The van der Waals surface area contributed by atoms with Crippen molar-refractivity contribution < 1.29 is 4.39 Å². The maximum atomic E-state index is 13.6. The summed E-state index contributed by atoms with van der Waals surface area (Å²) < 4.78 is 15.2. The summed E-state index contributed by atoms with van der Waals surface area (Å²) in [7, 11) is 0. The number of nitrogens with zero attached hydrogens (tertiary/aromatic N) is 3. The van der Waals surface area contributed by atoms with Crippen LogP contribution < -0.4 is 5.32 Å². The Hall–Kier alpha value is -2.61. The van der Waals surface area contributed by atoms with E-state index in [0.29, 0.717) is 23.4 Å². The van der Waals surface area contributed by atoms with Crippen LogP contribution in [0, 0.1) is 24.1 Å². The van der Waals surface area contributed by atoms with Crippen LogP contribution in [0.15, 0.2) is 31.1 Å². The third-order valence-corrected chi connectivity index (χ3v) is 2.80. The van der Waals surface area contributed by atoms with Crippen molar-refractivity contribution in [2.75, 3.05) is 5.32 Å². The molecule has 0 unspecified atom stereocenters. The molecular weight excluding hydrogens is 243 g/mol. The number of nitriles is 1. The molecule has 19 heavy (non-hydrogen) atoms. The Labute approximate surface area is 110 Å². The minimum absolute atomic E-state index is 0.299. The topological polar surface area (TPSA) is 53.6 Å². The maximum absolute atomic E-state index is 13.6. The zero-order valence-corrected chi connectivity index (χ0v) is 10.5. The van der Waals surface area contributed by atoms with Crippen molar-refractivity contribution >= 4 is 11.9 Å². The molecule has 1 heterocycles. The van der Waals surface area contributed by atoms with Gasteiger partial charge in [0, 0.05) is 35.8 Å². The zero-order chi connectivity index (χ0) is 13.8. The van der Waals surface area contributed by atoms with Gasteiger partial charge in [-0.15, -0.1) is 0 Å². The van der Waals surface area contributed by atoms with E-state index in [4.69, 9.17) is 5.26 Å². The summed E-state index contributed by atoms with van der Waals surface area (Å²) in [5, 5.41) is 16.0. The van der Waals surface area contributed by atoms with Gasteiger partial charge in [0.05, 0.1) is 17.8 Å². The molecule has 5 heteroatoms. The molecule has 0 aliphatic rings. The molecule has 1 aromatic carbocycles. The third kappa shape index (κ3) is 2.80. The first-order valence-corrected chi connectivity index (χ1v) is 5.73. The number of anilines is 1. The van der Waals surface area contributed by atoms with Gasteiger partial charge in [-0.05, 0) is 19.1 Å². The molecule has 0 aliphatic carbocycles. The molecule has 0 saturated carbocycles. The Balaban J connectivity index is 2.17. The van der Waals surface area contributed by atoms with E-state index in [1.54, 1.807) is 30.1 Å². The molecule has 0 saturated heterocycles. The molecule has 0 fully saturated rings. The number of halogens is 1. The Morgan fingerprint density at radius 1 is 1.58 bits per heavy atom. The van der Waals surface area contributed by atoms with Crippen LogP contribution in [0.4, 0.5) is 10.1 Å². The largest absolute Gasteiger partial charge is 0.381 e. The minimum atomic E-state index is -0.386. The lowest BCUT2D eigenvalue weighted by molar-refractivity contribution is 0.618. The fraction of sp³-hybridized carbons (Fsp3) is 0.143. The van der Waals surface area contributed by atoms with Crippen LogP contribution in [0.3, 0.4) is 0 Å². The van der Waals surface area contributed by atoms with E-state index in [2.05, 4.69) is 17.0 Å². The van der Waals surface area contributed by atoms with Gasteiger partial charge in [-0.1, -0.05) is 6.58 Å². The van der Waals surface area contributed by atoms with Crippen LogP contribution in [-0.4, -0.2) is 9.78 Å². The van der Waals surface area contributed by atoms with Gasteiger partial charge in [-0.25, -0.2) is 9.07 Å². The van der Waals surface area contributed by atoms with E-state index in [9.17, 15) is 4.39 Å². The molecule has 0 aliphatic heterocycles. The van der Waals surface area contributed by atoms with Gasteiger partial charge in [0.25, 0.3) is 0 Å². The van der Waals surface area contributed by atoms with Gasteiger partial charge in [-0.3, -0.25) is 0 Å². The maximum Gasteiger partial charge on any atom is 0.129 e. The predicted octanol–water partition coefficient (Wildman–Crippen LogP) is 2.91. The average Bonchev–Trinajstić information content (AvgIpc) is 2.88. The zero-order valence-electron chi connectivity index (χ0n) is 10.5. The highest BCUT2D eigenvalue weighted by molar-refractivity contribution is 5.56. The molecule has 0 radical (unpaired) electrons. The molecule has 2 rings (SSSR count). The molecule has 4 nitrogen and oxygen atoms in total. The SMILES string of the molecule is C=Cn1cc(CNc2cc(C#N)cc(F)c2C)cn1. The van der Waals surface area contributed by atoms with Crippen LogP contribution >= 0.6 is 0 Å². The van der Waals surface area contributed by atoms with Crippen molar-refractivity contribution in [1.29, 1.82) is 5.26 Å². The summed E-state index contributed by atoms with van der Waals surface area (Å²) in [5.41, 5.74) is 2.35. The monoisotopic (exact) mass is 256 g/mol. The van der Waals surface area contributed by atoms with Crippen molar-refractivity contribution in [3.05, 3.63) is 53.6 Å². The van der Waals surface area contributed by atoms with Crippen LogP contribution in [-0.2, 0) is 6.54 Å².